The van der Waals surface area contributed by atoms with E-state index in [2.05, 4.69) is 9.97 Å². The van der Waals surface area contributed by atoms with Crippen LogP contribution in [0.2, 0.25) is 5.15 Å². The summed E-state index contributed by atoms with van der Waals surface area (Å²) in [5.74, 6) is 0.197. The Morgan fingerprint density at radius 1 is 1.28 bits per heavy atom. The molecule has 0 aliphatic heterocycles. The van der Waals surface area contributed by atoms with Gasteiger partial charge in [0.1, 0.15) is 11.0 Å². The lowest BCUT2D eigenvalue weighted by atomic mass is 10.1. The first-order valence-electron chi connectivity index (χ1n) is 5.39. The fourth-order valence-electron chi connectivity index (χ4n) is 1.68. The molecule has 2 aromatic rings. The van der Waals surface area contributed by atoms with Gasteiger partial charge in [-0.05, 0) is 36.8 Å². The predicted octanol–water partition coefficient (Wildman–Crippen LogP) is 3.39. The van der Waals surface area contributed by atoms with Crippen LogP contribution in [0.25, 0.3) is 11.4 Å². The van der Waals surface area contributed by atoms with E-state index in [0.29, 0.717) is 23.3 Å². The first-order valence-corrected chi connectivity index (χ1v) is 5.77. The normalized spacial score (nSPS) is 10.7. The average molecular weight is 267 g/mol. The van der Waals surface area contributed by atoms with Crippen LogP contribution in [-0.4, -0.2) is 17.1 Å². The summed E-state index contributed by atoms with van der Waals surface area (Å²) in [5.41, 5.74) is 2.22. The highest BCUT2D eigenvalue weighted by atomic mass is 35.5. The molecule has 18 heavy (non-hydrogen) atoms. The second-order valence-electron chi connectivity index (χ2n) is 3.90. The number of aromatic nitrogens is 2. The third-order valence-corrected chi connectivity index (χ3v) is 2.66. The summed E-state index contributed by atoms with van der Waals surface area (Å²) in [7, 11) is 1.58. The Bertz CT molecular complexity index is 575. The molecule has 0 spiro atoms. The third kappa shape index (κ3) is 2.83. The zero-order valence-electron chi connectivity index (χ0n) is 10.1. The molecule has 0 amide bonds. The van der Waals surface area contributed by atoms with Gasteiger partial charge >= 0.3 is 0 Å². The lowest BCUT2D eigenvalue weighted by Crippen LogP contribution is -1.99. The second kappa shape index (κ2) is 5.42. The Balaban J connectivity index is 2.49. The first kappa shape index (κ1) is 12.9. The molecule has 0 fully saturated rings. The minimum Gasteiger partial charge on any atom is -0.378 e. The first-order chi connectivity index (χ1) is 8.60. The molecule has 5 heteroatoms. The van der Waals surface area contributed by atoms with Crippen molar-refractivity contribution in [3.8, 4) is 11.4 Å². The maximum absolute atomic E-state index is 13.1. The largest absolute Gasteiger partial charge is 0.378 e. The molecule has 1 aromatic heterocycles. The minimum absolute atomic E-state index is 0.282. The Kier molecular flexibility index (Phi) is 3.89. The Morgan fingerprint density at radius 3 is 2.72 bits per heavy atom. The Morgan fingerprint density at radius 2 is 2.06 bits per heavy atom. The number of rotatable bonds is 3. The molecule has 1 heterocycles. The van der Waals surface area contributed by atoms with Crippen LogP contribution in [0.1, 0.15) is 11.3 Å². The topological polar surface area (TPSA) is 35.0 Å². The monoisotopic (exact) mass is 266 g/mol. The number of hydrogen-bond acceptors (Lipinski definition) is 3. The van der Waals surface area contributed by atoms with Crippen molar-refractivity contribution in [3.05, 3.63) is 46.5 Å². The molecule has 1 aromatic carbocycles. The third-order valence-electron chi connectivity index (χ3n) is 2.47. The van der Waals surface area contributed by atoms with E-state index in [1.54, 1.807) is 26.2 Å². The molecule has 3 nitrogen and oxygen atoms in total. The summed E-state index contributed by atoms with van der Waals surface area (Å²) in [6.07, 6.45) is 0. The van der Waals surface area contributed by atoms with E-state index < -0.39 is 0 Å². The number of aryl methyl sites for hydroxylation is 1. The van der Waals surface area contributed by atoms with Crippen LogP contribution in [0.5, 0.6) is 0 Å². The lowest BCUT2D eigenvalue weighted by molar-refractivity contribution is 0.181. The maximum atomic E-state index is 13.1. The van der Waals surface area contributed by atoms with Gasteiger partial charge < -0.3 is 4.74 Å². The smallest absolute Gasteiger partial charge is 0.161 e. The lowest BCUT2D eigenvalue weighted by Gasteiger charge is -2.07. The quantitative estimate of drug-likeness (QED) is 0.799. The average Bonchev–Trinajstić information content (AvgIpc) is 2.28. The van der Waals surface area contributed by atoms with Crippen molar-refractivity contribution >= 4 is 11.6 Å². The summed E-state index contributed by atoms with van der Waals surface area (Å²) in [6, 6.07) is 6.11. The summed E-state index contributed by atoms with van der Waals surface area (Å²) >= 11 is 5.94. The molecule has 94 valence electrons. The van der Waals surface area contributed by atoms with Crippen molar-refractivity contribution in [2.24, 2.45) is 0 Å². The number of hydrogen-bond donors (Lipinski definition) is 0. The van der Waals surface area contributed by atoms with Crippen LogP contribution in [0.4, 0.5) is 4.39 Å². The molecule has 0 atom stereocenters. The molecule has 0 bridgehead atoms. The minimum atomic E-state index is -0.282. The molecular weight excluding hydrogens is 255 g/mol. The number of methoxy groups -OCH3 is 1. The predicted molar refractivity (Wildman–Crippen MR) is 67.9 cm³/mol. The van der Waals surface area contributed by atoms with Crippen molar-refractivity contribution in [1.82, 2.24) is 9.97 Å². The Hall–Kier alpha value is -1.52. The molecule has 0 unspecified atom stereocenters. The van der Waals surface area contributed by atoms with Crippen molar-refractivity contribution in [2.45, 2.75) is 13.5 Å². The van der Waals surface area contributed by atoms with Crippen LogP contribution in [-0.2, 0) is 11.3 Å². The van der Waals surface area contributed by atoms with Gasteiger partial charge in [0.15, 0.2) is 5.82 Å². The molecule has 0 aliphatic rings. The zero-order chi connectivity index (χ0) is 13.1. The van der Waals surface area contributed by atoms with Crippen molar-refractivity contribution in [2.75, 3.05) is 7.11 Å². The fourth-order valence-corrected chi connectivity index (χ4v) is 1.89. The maximum Gasteiger partial charge on any atom is 0.161 e. The summed E-state index contributed by atoms with van der Waals surface area (Å²) in [6.45, 7) is 2.16. The van der Waals surface area contributed by atoms with Crippen LogP contribution in [0.15, 0.2) is 24.3 Å². The van der Waals surface area contributed by atoms with Crippen molar-refractivity contribution in [3.63, 3.8) is 0 Å². The van der Waals surface area contributed by atoms with Gasteiger partial charge in [0.2, 0.25) is 0 Å². The van der Waals surface area contributed by atoms with E-state index in [4.69, 9.17) is 16.3 Å². The van der Waals surface area contributed by atoms with Crippen LogP contribution in [0, 0.1) is 12.7 Å². The molecular formula is C13H12ClFN2O. The van der Waals surface area contributed by atoms with E-state index >= 15 is 0 Å². The van der Waals surface area contributed by atoms with Crippen LogP contribution < -0.4 is 0 Å². The highest BCUT2D eigenvalue weighted by Crippen LogP contribution is 2.22. The highest BCUT2D eigenvalue weighted by molar-refractivity contribution is 6.29. The van der Waals surface area contributed by atoms with E-state index in [9.17, 15) is 4.39 Å². The molecule has 0 aliphatic carbocycles. The van der Waals surface area contributed by atoms with Gasteiger partial charge in [-0.2, -0.15) is 0 Å². The highest BCUT2D eigenvalue weighted by Gasteiger charge is 2.09. The zero-order valence-corrected chi connectivity index (χ0v) is 10.8. The molecule has 0 saturated heterocycles. The Labute approximate surface area is 110 Å². The fraction of sp³-hybridized carbons (Fsp3) is 0.231. The standard InChI is InChI=1S/C13H12ClFN2O/c1-8-5-9(15)3-4-11(8)13-16-10(7-18-2)6-12(14)17-13/h3-6H,7H2,1-2H3. The van der Waals surface area contributed by atoms with Gasteiger partial charge in [0.05, 0.1) is 12.3 Å². The number of benzene rings is 1. The van der Waals surface area contributed by atoms with Gasteiger partial charge in [0, 0.05) is 12.7 Å². The van der Waals surface area contributed by atoms with E-state index in [1.165, 1.54) is 12.1 Å². The second-order valence-corrected chi connectivity index (χ2v) is 4.29. The number of nitrogens with zero attached hydrogens (tertiary/aromatic N) is 2. The summed E-state index contributed by atoms with van der Waals surface area (Å²) in [4.78, 5) is 8.49. The molecule has 0 radical (unpaired) electrons. The van der Waals surface area contributed by atoms with Gasteiger partial charge in [0.25, 0.3) is 0 Å². The summed E-state index contributed by atoms with van der Waals surface area (Å²) in [5, 5.41) is 0.343. The van der Waals surface area contributed by atoms with Gasteiger partial charge in [-0.15, -0.1) is 0 Å². The van der Waals surface area contributed by atoms with Gasteiger partial charge in [-0.3, -0.25) is 0 Å². The van der Waals surface area contributed by atoms with Gasteiger partial charge in [-0.25, -0.2) is 14.4 Å². The molecule has 2 rings (SSSR count). The number of ether oxygens (including phenoxy) is 1. The number of halogens is 2. The van der Waals surface area contributed by atoms with E-state index in [-0.39, 0.29) is 5.82 Å². The SMILES string of the molecule is COCc1cc(Cl)nc(-c2ccc(F)cc2C)n1. The van der Waals surface area contributed by atoms with Crippen molar-refractivity contribution < 1.29 is 9.13 Å². The molecule has 0 N–H and O–H groups in total. The summed E-state index contributed by atoms with van der Waals surface area (Å²) < 4.78 is 18.1. The van der Waals surface area contributed by atoms with Crippen LogP contribution in [0.3, 0.4) is 0 Å². The molecule has 0 saturated carbocycles. The van der Waals surface area contributed by atoms with Gasteiger partial charge in [-0.1, -0.05) is 11.6 Å². The van der Waals surface area contributed by atoms with E-state index in [0.717, 1.165) is 11.1 Å². The van der Waals surface area contributed by atoms with E-state index in [1.807, 2.05) is 0 Å². The van der Waals surface area contributed by atoms with Crippen molar-refractivity contribution in [1.29, 1.82) is 0 Å². The van der Waals surface area contributed by atoms with Crippen LogP contribution >= 0.6 is 11.6 Å².